The molecule has 0 saturated carbocycles. The number of carbonyl (C=O) groups is 2. The molecule has 1 N–H and O–H groups in total. The van der Waals surface area contributed by atoms with Crippen molar-refractivity contribution in [1.82, 2.24) is 10.3 Å². The number of nitrogens with zero attached hydrogens (tertiary/aromatic N) is 2. The SMILES string of the molecule is CCC1(C)NC(=O)C(C(C)C)N(c2ccc(C)nc2)C1=O. The molecule has 5 heteroatoms. The predicted octanol–water partition coefficient (Wildman–Crippen LogP) is 2.05. The summed E-state index contributed by atoms with van der Waals surface area (Å²) in [5.41, 5.74) is 0.707. The number of hydrogen-bond acceptors (Lipinski definition) is 3. The molecule has 0 bridgehead atoms. The Morgan fingerprint density at radius 3 is 2.52 bits per heavy atom. The molecule has 1 aromatic rings. The van der Waals surface area contributed by atoms with Crippen molar-refractivity contribution >= 4 is 17.5 Å². The van der Waals surface area contributed by atoms with Crippen LogP contribution in [0.1, 0.15) is 39.8 Å². The molecule has 2 amide bonds. The smallest absolute Gasteiger partial charge is 0.253 e. The molecule has 1 aromatic heterocycles. The van der Waals surface area contributed by atoms with Crippen molar-refractivity contribution in [1.29, 1.82) is 0 Å². The highest BCUT2D eigenvalue weighted by Crippen LogP contribution is 2.29. The monoisotopic (exact) mass is 289 g/mol. The number of aromatic nitrogens is 1. The molecule has 2 heterocycles. The zero-order chi connectivity index (χ0) is 15.8. The molecular weight excluding hydrogens is 266 g/mol. The van der Waals surface area contributed by atoms with Gasteiger partial charge in [-0.3, -0.25) is 19.5 Å². The molecular formula is C16H23N3O2. The number of anilines is 1. The van der Waals surface area contributed by atoms with E-state index in [4.69, 9.17) is 0 Å². The van der Waals surface area contributed by atoms with Gasteiger partial charge < -0.3 is 5.32 Å². The molecule has 2 rings (SSSR count). The number of rotatable bonds is 3. The van der Waals surface area contributed by atoms with Crippen LogP contribution in [-0.4, -0.2) is 28.4 Å². The van der Waals surface area contributed by atoms with Gasteiger partial charge in [-0.05, 0) is 38.3 Å². The number of hydrogen-bond donors (Lipinski definition) is 1. The average Bonchev–Trinajstić information content (AvgIpc) is 2.43. The first-order chi connectivity index (χ1) is 9.80. The topological polar surface area (TPSA) is 62.3 Å². The van der Waals surface area contributed by atoms with Gasteiger partial charge in [0.2, 0.25) is 5.91 Å². The van der Waals surface area contributed by atoms with Crippen LogP contribution < -0.4 is 10.2 Å². The molecule has 0 radical (unpaired) electrons. The Bertz CT molecular complexity index is 553. The van der Waals surface area contributed by atoms with Crippen molar-refractivity contribution < 1.29 is 9.59 Å². The second-order valence-electron chi connectivity index (χ2n) is 6.20. The number of aryl methyl sites for hydroxylation is 1. The van der Waals surface area contributed by atoms with Crippen LogP contribution >= 0.6 is 0 Å². The molecule has 114 valence electrons. The molecule has 2 atom stereocenters. The fraction of sp³-hybridized carbons (Fsp3) is 0.562. The summed E-state index contributed by atoms with van der Waals surface area (Å²) in [6.07, 6.45) is 2.22. The second-order valence-corrected chi connectivity index (χ2v) is 6.20. The molecule has 0 aromatic carbocycles. The number of piperazine rings is 1. The fourth-order valence-corrected chi connectivity index (χ4v) is 2.63. The standard InChI is InChI=1S/C16H23N3O2/c1-6-16(5)15(21)19(12-8-7-11(4)17-9-12)13(10(2)3)14(20)18-16/h7-10,13H,6H2,1-5H3,(H,18,20). The molecule has 21 heavy (non-hydrogen) atoms. The lowest BCUT2D eigenvalue weighted by Gasteiger charge is -2.45. The largest absolute Gasteiger partial charge is 0.340 e. The highest BCUT2D eigenvalue weighted by atomic mass is 16.2. The van der Waals surface area contributed by atoms with Crippen molar-refractivity contribution in [3.63, 3.8) is 0 Å². The number of pyridine rings is 1. The summed E-state index contributed by atoms with van der Waals surface area (Å²) < 4.78 is 0. The summed E-state index contributed by atoms with van der Waals surface area (Å²) >= 11 is 0. The van der Waals surface area contributed by atoms with E-state index in [2.05, 4.69) is 10.3 Å². The van der Waals surface area contributed by atoms with Crippen LogP contribution in [0.4, 0.5) is 5.69 Å². The van der Waals surface area contributed by atoms with Crippen LogP contribution in [-0.2, 0) is 9.59 Å². The Morgan fingerprint density at radius 2 is 2.05 bits per heavy atom. The maximum absolute atomic E-state index is 12.9. The van der Waals surface area contributed by atoms with Crippen molar-refractivity contribution in [2.24, 2.45) is 5.92 Å². The van der Waals surface area contributed by atoms with Crippen molar-refractivity contribution in [3.05, 3.63) is 24.0 Å². The summed E-state index contributed by atoms with van der Waals surface area (Å²) in [5, 5.41) is 2.88. The molecule has 1 aliphatic rings. The Kier molecular flexibility index (Phi) is 4.03. The van der Waals surface area contributed by atoms with Gasteiger partial charge in [0.05, 0.1) is 11.9 Å². The zero-order valence-corrected chi connectivity index (χ0v) is 13.3. The Labute approximate surface area is 125 Å². The van der Waals surface area contributed by atoms with E-state index in [1.165, 1.54) is 0 Å². The molecule has 5 nitrogen and oxygen atoms in total. The van der Waals surface area contributed by atoms with E-state index in [-0.39, 0.29) is 17.7 Å². The quantitative estimate of drug-likeness (QED) is 0.926. The molecule has 1 aliphatic heterocycles. The number of amides is 2. The van der Waals surface area contributed by atoms with Crippen LogP contribution in [0.15, 0.2) is 18.3 Å². The summed E-state index contributed by atoms with van der Waals surface area (Å²) in [5.74, 6) is -0.153. The van der Waals surface area contributed by atoms with Crippen molar-refractivity contribution in [3.8, 4) is 0 Å². The van der Waals surface area contributed by atoms with Gasteiger partial charge in [0, 0.05) is 5.69 Å². The van der Waals surface area contributed by atoms with E-state index < -0.39 is 11.6 Å². The lowest BCUT2D eigenvalue weighted by molar-refractivity contribution is -0.138. The average molecular weight is 289 g/mol. The van der Waals surface area contributed by atoms with Crippen LogP contribution in [0.3, 0.4) is 0 Å². The van der Waals surface area contributed by atoms with Gasteiger partial charge in [-0.15, -0.1) is 0 Å². The van der Waals surface area contributed by atoms with Gasteiger partial charge in [-0.1, -0.05) is 20.8 Å². The maximum Gasteiger partial charge on any atom is 0.253 e. The summed E-state index contributed by atoms with van der Waals surface area (Å²) in [4.78, 5) is 31.3. The normalized spacial score (nSPS) is 26.2. The van der Waals surface area contributed by atoms with Gasteiger partial charge in [0.25, 0.3) is 5.91 Å². The zero-order valence-electron chi connectivity index (χ0n) is 13.3. The van der Waals surface area contributed by atoms with E-state index in [0.29, 0.717) is 12.1 Å². The first-order valence-electron chi connectivity index (χ1n) is 7.38. The third-order valence-corrected chi connectivity index (χ3v) is 4.15. The minimum Gasteiger partial charge on any atom is -0.340 e. The van der Waals surface area contributed by atoms with Gasteiger partial charge in [0.15, 0.2) is 0 Å². The van der Waals surface area contributed by atoms with Crippen LogP contribution in [0.25, 0.3) is 0 Å². The Balaban J connectivity index is 2.51. The second kappa shape index (κ2) is 5.47. The molecule has 1 saturated heterocycles. The molecule has 1 fully saturated rings. The molecule has 0 aliphatic carbocycles. The maximum atomic E-state index is 12.9. The van der Waals surface area contributed by atoms with Crippen LogP contribution in [0, 0.1) is 12.8 Å². The Hall–Kier alpha value is -1.91. The summed E-state index contributed by atoms with van der Waals surface area (Å²) in [6, 6.07) is 3.21. The van der Waals surface area contributed by atoms with E-state index in [1.807, 2.05) is 39.8 Å². The summed E-state index contributed by atoms with van der Waals surface area (Å²) in [7, 11) is 0. The van der Waals surface area contributed by atoms with E-state index in [9.17, 15) is 9.59 Å². The highest BCUT2D eigenvalue weighted by Gasteiger charge is 2.48. The first-order valence-corrected chi connectivity index (χ1v) is 7.38. The number of nitrogens with one attached hydrogen (secondary N) is 1. The Morgan fingerprint density at radius 1 is 1.38 bits per heavy atom. The van der Waals surface area contributed by atoms with Gasteiger partial charge in [-0.25, -0.2) is 0 Å². The fourth-order valence-electron chi connectivity index (χ4n) is 2.63. The van der Waals surface area contributed by atoms with E-state index in [0.717, 1.165) is 5.69 Å². The third-order valence-electron chi connectivity index (χ3n) is 4.15. The van der Waals surface area contributed by atoms with Gasteiger partial charge in [-0.2, -0.15) is 0 Å². The lowest BCUT2D eigenvalue weighted by atomic mass is 9.88. The van der Waals surface area contributed by atoms with E-state index in [1.54, 1.807) is 18.0 Å². The third kappa shape index (κ3) is 2.64. The minimum atomic E-state index is -0.854. The highest BCUT2D eigenvalue weighted by molar-refractivity contribution is 6.10. The minimum absolute atomic E-state index is 0.0247. The first kappa shape index (κ1) is 15.5. The van der Waals surface area contributed by atoms with E-state index >= 15 is 0 Å². The summed E-state index contributed by atoms with van der Waals surface area (Å²) in [6.45, 7) is 9.46. The molecule has 0 spiro atoms. The van der Waals surface area contributed by atoms with Crippen LogP contribution in [0.2, 0.25) is 0 Å². The van der Waals surface area contributed by atoms with Crippen LogP contribution in [0.5, 0.6) is 0 Å². The van der Waals surface area contributed by atoms with Gasteiger partial charge >= 0.3 is 0 Å². The predicted molar refractivity (Wildman–Crippen MR) is 81.9 cm³/mol. The van der Waals surface area contributed by atoms with Gasteiger partial charge in [0.1, 0.15) is 11.6 Å². The molecule has 2 unspecified atom stereocenters. The lowest BCUT2D eigenvalue weighted by Crippen LogP contribution is -2.70. The van der Waals surface area contributed by atoms with Crippen molar-refractivity contribution in [2.75, 3.05) is 4.90 Å². The van der Waals surface area contributed by atoms with Crippen molar-refractivity contribution in [2.45, 2.75) is 52.6 Å². The number of carbonyl (C=O) groups excluding carboxylic acids is 2.